The standard InChI is InChI=1S/C24H26N2O4S/c1-4-29-20-13-10-18(15-21(20)30-5-2)16(3)25-23(27)17-8-11-19(12-9-17)26-24(28)22-7-6-14-31-22/h6-16H,4-5H2,1-3H3,(H,25,27)(H,26,28). The van der Waals surface area contributed by atoms with Crippen molar-refractivity contribution in [1.29, 1.82) is 0 Å². The number of hydrogen-bond donors (Lipinski definition) is 2. The molecule has 7 heteroatoms. The Hall–Kier alpha value is -3.32. The average Bonchev–Trinajstić information content (AvgIpc) is 3.31. The van der Waals surface area contributed by atoms with Gasteiger partial charge in [0.25, 0.3) is 11.8 Å². The van der Waals surface area contributed by atoms with Crippen LogP contribution in [0.4, 0.5) is 5.69 Å². The maximum Gasteiger partial charge on any atom is 0.265 e. The number of thiophene rings is 1. The number of benzene rings is 2. The molecule has 1 heterocycles. The van der Waals surface area contributed by atoms with Gasteiger partial charge in [0.15, 0.2) is 11.5 Å². The van der Waals surface area contributed by atoms with Crippen LogP contribution in [0.1, 0.15) is 52.4 Å². The van der Waals surface area contributed by atoms with E-state index < -0.39 is 0 Å². The first-order valence-electron chi connectivity index (χ1n) is 10.2. The van der Waals surface area contributed by atoms with E-state index in [-0.39, 0.29) is 17.9 Å². The summed E-state index contributed by atoms with van der Waals surface area (Å²) in [4.78, 5) is 25.4. The molecule has 3 aromatic rings. The molecule has 2 aromatic carbocycles. The minimum absolute atomic E-state index is 0.165. The zero-order valence-electron chi connectivity index (χ0n) is 17.8. The third-order valence-electron chi connectivity index (χ3n) is 4.56. The summed E-state index contributed by atoms with van der Waals surface area (Å²) in [6.45, 7) is 6.83. The van der Waals surface area contributed by atoms with Crippen molar-refractivity contribution in [3.05, 3.63) is 76.0 Å². The summed E-state index contributed by atoms with van der Waals surface area (Å²) < 4.78 is 11.3. The molecule has 1 aromatic heterocycles. The minimum atomic E-state index is -0.222. The SMILES string of the molecule is CCOc1ccc(C(C)NC(=O)c2ccc(NC(=O)c3cccs3)cc2)cc1OCC. The summed E-state index contributed by atoms with van der Waals surface area (Å²) in [5.41, 5.74) is 2.06. The van der Waals surface area contributed by atoms with Crippen LogP contribution >= 0.6 is 11.3 Å². The van der Waals surface area contributed by atoms with E-state index in [1.807, 2.05) is 50.4 Å². The molecule has 0 fully saturated rings. The van der Waals surface area contributed by atoms with E-state index in [0.717, 1.165) is 5.56 Å². The molecular formula is C24H26N2O4S. The molecule has 0 spiro atoms. The predicted molar refractivity (Wildman–Crippen MR) is 123 cm³/mol. The third kappa shape index (κ3) is 5.86. The van der Waals surface area contributed by atoms with Crippen molar-refractivity contribution in [1.82, 2.24) is 5.32 Å². The number of hydrogen-bond acceptors (Lipinski definition) is 5. The van der Waals surface area contributed by atoms with Crippen LogP contribution in [0.25, 0.3) is 0 Å². The summed E-state index contributed by atoms with van der Waals surface area (Å²) in [7, 11) is 0. The molecule has 6 nitrogen and oxygen atoms in total. The van der Waals surface area contributed by atoms with E-state index in [2.05, 4.69) is 10.6 Å². The number of ether oxygens (including phenoxy) is 2. The zero-order chi connectivity index (χ0) is 22.2. The summed E-state index contributed by atoms with van der Waals surface area (Å²) >= 11 is 1.38. The molecule has 0 aliphatic heterocycles. The highest BCUT2D eigenvalue weighted by atomic mass is 32.1. The molecule has 31 heavy (non-hydrogen) atoms. The van der Waals surface area contributed by atoms with E-state index in [1.54, 1.807) is 30.3 Å². The number of rotatable bonds is 9. The summed E-state index contributed by atoms with van der Waals surface area (Å²) in [5.74, 6) is 0.984. The highest BCUT2D eigenvalue weighted by Crippen LogP contribution is 2.30. The lowest BCUT2D eigenvalue weighted by molar-refractivity contribution is 0.0939. The van der Waals surface area contributed by atoms with Crippen molar-refractivity contribution in [2.75, 3.05) is 18.5 Å². The quantitative estimate of drug-likeness (QED) is 0.476. The Morgan fingerprint density at radius 1 is 0.935 bits per heavy atom. The number of anilines is 1. The molecule has 0 bridgehead atoms. The van der Waals surface area contributed by atoms with Gasteiger partial charge in [0, 0.05) is 11.3 Å². The molecule has 0 saturated carbocycles. The second kappa shape index (κ2) is 10.6. The topological polar surface area (TPSA) is 76.7 Å². The Labute approximate surface area is 186 Å². The molecule has 2 amide bonds. The van der Waals surface area contributed by atoms with Crippen molar-refractivity contribution in [3.8, 4) is 11.5 Å². The average molecular weight is 439 g/mol. The third-order valence-corrected chi connectivity index (χ3v) is 5.43. The van der Waals surface area contributed by atoms with E-state index in [0.29, 0.717) is 40.8 Å². The lowest BCUT2D eigenvalue weighted by Crippen LogP contribution is -2.26. The highest BCUT2D eigenvalue weighted by molar-refractivity contribution is 7.12. The molecule has 0 aliphatic carbocycles. The Morgan fingerprint density at radius 2 is 1.65 bits per heavy atom. The van der Waals surface area contributed by atoms with Gasteiger partial charge in [-0.05, 0) is 74.2 Å². The van der Waals surface area contributed by atoms with Gasteiger partial charge in [-0.1, -0.05) is 12.1 Å². The first-order chi connectivity index (χ1) is 15.0. The Kier molecular flexibility index (Phi) is 7.67. The highest BCUT2D eigenvalue weighted by Gasteiger charge is 2.15. The number of carbonyl (C=O) groups is 2. The number of nitrogens with one attached hydrogen (secondary N) is 2. The molecule has 2 N–H and O–H groups in total. The van der Waals surface area contributed by atoms with Gasteiger partial charge in [0.05, 0.1) is 24.1 Å². The molecule has 3 rings (SSSR count). The van der Waals surface area contributed by atoms with Gasteiger partial charge in [-0.25, -0.2) is 0 Å². The van der Waals surface area contributed by atoms with Crippen LogP contribution in [0.2, 0.25) is 0 Å². The predicted octanol–water partition coefficient (Wildman–Crippen LogP) is 5.29. The fourth-order valence-electron chi connectivity index (χ4n) is 3.01. The van der Waals surface area contributed by atoms with Crippen LogP contribution in [0.5, 0.6) is 11.5 Å². The van der Waals surface area contributed by atoms with E-state index in [4.69, 9.17) is 9.47 Å². The van der Waals surface area contributed by atoms with Crippen LogP contribution in [-0.4, -0.2) is 25.0 Å². The number of carbonyl (C=O) groups excluding carboxylic acids is 2. The second-order valence-corrected chi connectivity index (χ2v) is 7.72. The first kappa shape index (κ1) is 22.4. The van der Waals surface area contributed by atoms with Crippen LogP contribution < -0.4 is 20.1 Å². The summed E-state index contributed by atoms with van der Waals surface area (Å²) in [6, 6.07) is 15.9. The monoisotopic (exact) mass is 438 g/mol. The molecule has 162 valence electrons. The maximum atomic E-state index is 12.7. The van der Waals surface area contributed by atoms with Gasteiger partial charge >= 0.3 is 0 Å². The normalized spacial score (nSPS) is 11.5. The molecular weight excluding hydrogens is 412 g/mol. The molecule has 0 aliphatic rings. The second-order valence-electron chi connectivity index (χ2n) is 6.78. The summed E-state index contributed by atoms with van der Waals surface area (Å²) in [6.07, 6.45) is 0. The van der Waals surface area contributed by atoms with E-state index in [1.165, 1.54) is 11.3 Å². The Bertz CT molecular complexity index is 1020. The molecule has 0 saturated heterocycles. The van der Waals surface area contributed by atoms with Crippen molar-refractivity contribution < 1.29 is 19.1 Å². The largest absolute Gasteiger partial charge is 0.490 e. The van der Waals surface area contributed by atoms with Gasteiger partial charge in [0.1, 0.15) is 0 Å². The van der Waals surface area contributed by atoms with Crippen LogP contribution in [0, 0.1) is 0 Å². The first-order valence-corrected chi connectivity index (χ1v) is 11.0. The molecule has 1 atom stereocenters. The summed E-state index contributed by atoms with van der Waals surface area (Å²) in [5, 5.41) is 7.67. The fraction of sp³-hybridized carbons (Fsp3) is 0.250. The Balaban J connectivity index is 1.64. The Morgan fingerprint density at radius 3 is 2.29 bits per heavy atom. The lowest BCUT2D eigenvalue weighted by atomic mass is 10.1. The lowest BCUT2D eigenvalue weighted by Gasteiger charge is -2.17. The molecule has 1 unspecified atom stereocenters. The van der Waals surface area contributed by atoms with Gasteiger partial charge in [0.2, 0.25) is 0 Å². The smallest absolute Gasteiger partial charge is 0.265 e. The van der Waals surface area contributed by atoms with Crippen molar-refractivity contribution in [2.45, 2.75) is 26.8 Å². The maximum absolute atomic E-state index is 12.7. The van der Waals surface area contributed by atoms with Crippen LogP contribution in [0.3, 0.4) is 0 Å². The zero-order valence-corrected chi connectivity index (χ0v) is 18.6. The minimum Gasteiger partial charge on any atom is -0.490 e. The van der Waals surface area contributed by atoms with Crippen molar-refractivity contribution >= 4 is 28.8 Å². The fourth-order valence-corrected chi connectivity index (χ4v) is 3.62. The van der Waals surface area contributed by atoms with Gasteiger partial charge in [-0.15, -0.1) is 11.3 Å². The number of amides is 2. The van der Waals surface area contributed by atoms with Gasteiger partial charge in [-0.3, -0.25) is 9.59 Å². The van der Waals surface area contributed by atoms with E-state index in [9.17, 15) is 9.59 Å². The van der Waals surface area contributed by atoms with Gasteiger partial charge in [-0.2, -0.15) is 0 Å². The van der Waals surface area contributed by atoms with Crippen LogP contribution in [0.15, 0.2) is 60.0 Å². The molecule has 0 radical (unpaired) electrons. The van der Waals surface area contributed by atoms with Gasteiger partial charge < -0.3 is 20.1 Å². The van der Waals surface area contributed by atoms with Crippen molar-refractivity contribution in [3.63, 3.8) is 0 Å². The van der Waals surface area contributed by atoms with Crippen LogP contribution in [-0.2, 0) is 0 Å². The van der Waals surface area contributed by atoms with Crippen molar-refractivity contribution in [2.24, 2.45) is 0 Å². The van der Waals surface area contributed by atoms with E-state index >= 15 is 0 Å².